The highest BCUT2D eigenvalue weighted by Gasteiger charge is 2.33. The molecule has 0 radical (unpaired) electrons. The molecule has 0 fully saturated rings. The van der Waals surface area contributed by atoms with E-state index in [1.807, 2.05) is 6.92 Å². The van der Waals surface area contributed by atoms with Gasteiger partial charge in [0.2, 0.25) is 5.88 Å². The summed E-state index contributed by atoms with van der Waals surface area (Å²) in [6.45, 7) is 2.34. The number of carbonyl (C=O) groups excluding carboxylic acids is 1. The minimum Gasteiger partial charge on any atom is -0.494 e. The highest BCUT2D eigenvalue weighted by Crippen LogP contribution is 2.47. The maximum atomic E-state index is 12.6. The Morgan fingerprint density at radius 3 is 2.52 bits per heavy atom. The minimum absolute atomic E-state index is 0.0705. The number of nitrogens with two attached hydrogens (primary N) is 1. The third-order valence-corrected chi connectivity index (χ3v) is 5.73. The number of carbonyl (C=O) groups is 1. The number of allylic oxidation sites excluding steroid dienone is 1. The Morgan fingerprint density at radius 1 is 1.09 bits per heavy atom. The van der Waals surface area contributed by atoms with Crippen LogP contribution in [0.15, 0.2) is 72.1 Å². The molecule has 3 aromatic carbocycles. The summed E-state index contributed by atoms with van der Waals surface area (Å²) in [5.41, 5.74) is 7.74. The topological polar surface area (TPSA) is 94.6 Å². The summed E-state index contributed by atoms with van der Waals surface area (Å²) in [5, 5.41) is 10.5. The van der Waals surface area contributed by atoms with Gasteiger partial charge in [0.25, 0.3) is 0 Å². The molecule has 1 aliphatic rings. The van der Waals surface area contributed by atoms with Crippen LogP contribution in [-0.2, 0) is 0 Å². The molecule has 0 amide bonds. The van der Waals surface area contributed by atoms with Gasteiger partial charge in [0, 0.05) is 27.2 Å². The van der Waals surface area contributed by atoms with Gasteiger partial charge in [0.15, 0.2) is 0 Å². The maximum absolute atomic E-state index is 12.6. The van der Waals surface area contributed by atoms with Gasteiger partial charge in [-0.2, -0.15) is 5.26 Å². The van der Waals surface area contributed by atoms with Crippen LogP contribution in [0.1, 0.15) is 34.3 Å². The fourth-order valence-electron chi connectivity index (χ4n) is 3.63. The molecule has 2 N–H and O–H groups in total. The molecule has 6 nitrogen and oxygen atoms in total. The zero-order chi connectivity index (χ0) is 23.5. The minimum atomic E-state index is -0.632. The van der Waals surface area contributed by atoms with Crippen LogP contribution in [0.5, 0.6) is 17.2 Å². The Labute approximate surface area is 200 Å². The van der Waals surface area contributed by atoms with Gasteiger partial charge in [-0.3, -0.25) is 0 Å². The van der Waals surface area contributed by atoms with Gasteiger partial charge in [-0.15, -0.1) is 0 Å². The van der Waals surface area contributed by atoms with E-state index >= 15 is 0 Å². The van der Waals surface area contributed by atoms with Crippen molar-refractivity contribution in [2.24, 2.45) is 5.73 Å². The number of halogens is 2. The van der Waals surface area contributed by atoms with Gasteiger partial charge in [-0.25, -0.2) is 4.79 Å². The lowest BCUT2D eigenvalue weighted by Crippen LogP contribution is -2.21. The summed E-state index contributed by atoms with van der Waals surface area (Å²) in [6, 6.07) is 18.8. The van der Waals surface area contributed by atoms with E-state index < -0.39 is 11.9 Å². The Bertz CT molecular complexity index is 1290. The average Bonchev–Trinajstić information content (AvgIpc) is 2.79. The van der Waals surface area contributed by atoms with Crippen LogP contribution in [-0.4, -0.2) is 12.6 Å². The Morgan fingerprint density at radius 2 is 1.82 bits per heavy atom. The van der Waals surface area contributed by atoms with Gasteiger partial charge in [0.1, 0.15) is 28.9 Å². The molecule has 0 saturated carbocycles. The van der Waals surface area contributed by atoms with E-state index in [2.05, 4.69) is 6.07 Å². The van der Waals surface area contributed by atoms with Gasteiger partial charge >= 0.3 is 5.97 Å². The number of esters is 1. The molecule has 0 saturated heterocycles. The summed E-state index contributed by atoms with van der Waals surface area (Å²) in [6.07, 6.45) is 0. The molecule has 0 spiro atoms. The highest BCUT2D eigenvalue weighted by molar-refractivity contribution is 6.36. The van der Waals surface area contributed by atoms with Crippen molar-refractivity contribution in [2.75, 3.05) is 6.61 Å². The maximum Gasteiger partial charge on any atom is 0.343 e. The summed E-state index contributed by atoms with van der Waals surface area (Å²) in [7, 11) is 0. The second-order valence-electron chi connectivity index (χ2n) is 7.11. The van der Waals surface area contributed by atoms with E-state index in [1.54, 1.807) is 60.7 Å². The Hall–Kier alpha value is -3.66. The van der Waals surface area contributed by atoms with Gasteiger partial charge in [-0.1, -0.05) is 41.4 Å². The van der Waals surface area contributed by atoms with Crippen molar-refractivity contribution in [3.05, 3.63) is 98.9 Å². The summed E-state index contributed by atoms with van der Waals surface area (Å²) >= 11 is 12.8. The highest BCUT2D eigenvalue weighted by atomic mass is 35.5. The summed E-state index contributed by atoms with van der Waals surface area (Å²) < 4.78 is 16.6. The first-order chi connectivity index (χ1) is 15.9. The molecule has 33 heavy (non-hydrogen) atoms. The first kappa shape index (κ1) is 22.5. The monoisotopic (exact) mass is 480 g/mol. The van der Waals surface area contributed by atoms with Crippen LogP contribution >= 0.6 is 23.2 Å². The van der Waals surface area contributed by atoms with E-state index in [0.29, 0.717) is 44.8 Å². The number of hydrogen-bond donors (Lipinski definition) is 1. The molecule has 166 valence electrons. The van der Waals surface area contributed by atoms with Crippen molar-refractivity contribution >= 4 is 29.2 Å². The van der Waals surface area contributed by atoms with Crippen LogP contribution in [0.3, 0.4) is 0 Å². The van der Waals surface area contributed by atoms with Crippen molar-refractivity contribution in [1.82, 2.24) is 0 Å². The largest absolute Gasteiger partial charge is 0.494 e. The number of fused-ring (bicyclic) bond motifs is 1. The SMILES string of the molecule is CCOc1cccc(C(=O)Oc2ccc3c(c2)OC(N)=C(C#N)C3c2c(Cl)cccc2Cl)c1. The lowest BCUT2D eigenvalue weighted by molar-refractivity contribution is 0.0734. The van der Waals surface area contributed by atoms with E-state index in [1.165, 1.54) is 0 Å². The van der Waals surface area contributed by atoms with E-state index in [0.717, 1.165) is 0 Å². The third-order valence-electron chi connectivity index (χ3n) is 5.07. The van der Waals surface area contributed by atoms with Crippen LogP contribution in [0.4, 0.5) is 0 Å². The Balaban J connectivity index is 1.69. The van der Waals surface area contributed by atoms with Gasteiger partial charge < -0.3 is 19.9 Å². The molecule has 4 rings (SSSR count). The predicted octanol–water partition coefficient (Wildman–Crippen LogP) is 5.83. The molecule has 0 aliphatic carbocycles. The zero-order valence-electron chi connectivity index (χ0n) is 17.5. The normalized spacial score (nSPS) is 14.7. The lowest BCUT2D eigenvalue weighted by Gasteiger charge is -2.27. The summed E-state index contributed by atoms with van der Waals surface area (Å²) in [4.78, 5) is 12.6. The number of nitriles is 1. The zero-order valence-corrected chi connectivity index (χ0v) is 19.0. The molecular formula is C25H18Cl2N2O4. The average molecular weight is 481 g/mol. The van der Waals surface area contributed by atoms with Gasteiger partial charge in [-0.05, 0) is 43.3 Å². The molecule has 8 heteroatoms. The number of benzene rings is 3. The van der Waals surface area contributed by atoms with Crippen LogP contribution in [0.2, 0.25) is 10.0 Å². The second-order valence-corrected chi connectivity index (χ2v) is 7.92. The molecule has 1 atom stereocenters. The molecule has 1 aliphatic heterocycles. The van der Waals surface area contributed by atoms with E-state index in [-0.39, 0.29) is 17.2 Å². The molecule has 0 bridgehead atoms. The van der Waals surface area contributed by atoms with Crippen LogP contribution < -0.4 is 19.9 Å². The van der Waals surface area contributed by atoms with Crippen LogP contribution in [0, 0.1) is 11.3 Å². The standard InChI is InChI=1S/C25H18Cl2N2O4/c1-2-31-15-6-3-5-14(11-15)25(30)32-16-9-10-17-21(12-16)33-24(29)18(13-28)22(17)23-19(26)7-4-8-20(23)27/h3-12,22H,2,29H2,1H3. The third kappa shape index (κ3) is 4.47. The molecular weight excluding hydrogens is 463 g/mol. The molecule has 3 aromatic rings. The lowest BCUT2D eigenvalue weighted by atomic mass is 9.83. The molecule has 1 unspecified atom stereocenters. The first-order valence-corrected chi connectivity index (χ1v) is 10.8. The fourth-order valence-corrected chi connectivity index (χ4v) is 4.24. The quantitative estimate of drug-likeness (QED) is 0.364. The van der Waals surface area contributed by atoms with Crippen LogP contribution in [0.25, 0.3) is 0 Å². The first-order valence-electron chi connectivity index (χ1n) is 10.0. The summed E-state index contributed by atoms with van der Waals surface area (Å²) in [5.74, 6) is -0.105. The smallest absolute Gasteiger partial charge is 0.343 e. The molecule has 0 aromatic heterocycles. The number of nitrogens with zero attached hydrogens (tertiary/aromatic N) is 1. The van der Waals surface area contributed by atoms with Crippen molar-refractivity contribution in [3.8, 4) is 23.3 Å². The van der Waals surface area contributed by atoms with Crippen molar-refractivity contribution in [2.45, 2.75) is 12.8 Å². The molecule has 1 heterocycles. The van der Waals surface area contributed by atoms with Crippen molar-refractivity contribution in [1.29, 1.82) is 5.26 Å². The van der Waals surface area contributed by atoms with E-state index in [4.69, 9.17) is 43.1 Å². The second kappa shape index (κ2) is 9.45. The van der Waals surface area contributed by atoms with Crippen molar-refractivity contribution in [3.63, 3.8) is 0 Å². The van der Waals surface area contributed by atoms with E-state index in [9.17, 15) is 10.1 Å². The van der Waals surface area contributed by atoms with Gasteiger partial charge in [0.05, 0.1) is 18.1 Å². The van der Waals surface area contributed by atoms with Crippen molar-refractivity contribution < 1.29 is 19.0 Å². The number of ether oxygens (including phenoxy) is 3. The fraction of sp³-hybridized carbons (Fsp3) is 0.120. The number of rotatable bonds is 5. The predicted molar refractivity (Wildman–Crippen MR) is 125 cm³/mol. The number of hydrogen-bond acceptors (Lipinski definition) is 6. The Kier molecular flexibility index (Phi) is 6.45.